The van der Waals surface area contributed by atoms with Gasteiger partial charge in [-0.1, -0.05) is 11.6 Å². The second kappa shape index (κ2) is 4.53. The molecule has 0 saturated heterocycles. The van der Waals surface area contributed by atoms with Crippen LogP contribution in [0.1, 0.15) is 15.9 Å². The average Bonchev–Trinajstić information content (AvgIpc) is 2.14. The molecule has 0 N–H and O–H groups in total. The summed E-state index contributed by atoms with van der Waals surface area (Å²) in [6, 6.07) is 0.947. The summed E-state index contributed by atoms with van der Waals surface area (Å²) in [6.45, 7) is 1.51. The van der Waals surface area contributed by atoms with Crippen LogP contribution in [0.15, 0.2) is 10.5 Å². The Morgan fingerprint density at radius 1 is 1.53 bits per heavy atom. The smallest absolute Gasteiger partial charge is 0.288 e. The normalized spacial score (nSPS) is 10.9. The summed E-state index contributed by atoms with van der Waals surface area (Å²) in [7, 11) is 0. The zero-order valence-corrected chi connectivity index (χ0v) is 9.79. The van der Waals surface area contributed by atoms with Gasteiger partial charge in [-0.3, -0.25) is 4.79 Å². The maximum Gasteiger partial charge on any atom is 0.300 e. The van der Waals surface area contributed by atoms with Crippen molar-refractivity contribution in [2.45, 2.75) is 13.3 Å². The molecule has 0 atom stereocenters. The summed E-state index contributed by atoms with van der Waals surface area (Å²) in [5.41, 5.74) is -0.340. The van der Waals surface area contributed by atoms with E-state index in [4.69, 9.17) is 11.6 Å². The number of Topliss-reactive ketones (excluding diaryl/α,β-unsaturated/α-hetero) is 1. The lowest BCUT2D eigenvalue weighted by molar-refractivity contribution is 0.0673. The first-order valence-electron chi connectivity index (χ1n) is 3.82. The summed E-state index contributed by atoms with van der Waals surface area (Å²) < 4.78 is 37.4. The summed E-state index contributed by atoms with van der Waals surface area (Å²) in [6.07, 6.45) is -3.26. The minimum atomic E-state index is -3.26. The lowest BCUT2D eigenvalue weighted by Gasteiger charge is -2.08. The van der Waals surface area contributed by atoms with Gasteiger partial charge in [0.25, 0.3) is 0 Å². The van der Waals surface area contributed by atoms with Crippen LogP contribution in [-0.4, -0.2) is 12.2 Å². The van der Waals surface area contributed by atoms with Gasteiger partial charge in [0.15, 0.2) is 0 Å². The van der Waals surface area contributed by atoms with E-state index in [1.165, 1.54) is 6.92 Å². The zero-order chi connectivity index (χ0) is 11.7. The van der Waals surface area contributed by atoms with Gasteiger partial charge in [-0.2, -0.15) is 0 Å². The number of alkyl halides is 2. The fraction of sp³-hybridized carbons (Fsp3) is 0.222. The summed E-state index contributed by atoms with van der Waals surface area (Å²) in [4.78, 5) is 11.0. The predicted molar refractivity (Wildman–Crippen MR) is 54.2 cm³/mol. The van der Waals surface area contributed by atoms with Gasteiger partial charge in [0, 0.05) is 0 Å². The standard InChI is InChI=1S/C9H5BrClF3O/c1-3-2-4(12)5(6(10)7(3)11)8(15)9(13)14/h2,9H,1H3. The maximum absolute atomic E-state index is 13.3. The van der Waals surface area contributed by atoms with Crippen LogP contribution < -0.4 is 0 Å². The molecular weight excluding hydrogens is 296 g/mol. The van der Waals surface area contributed by atoms with Crippen LogP contribution in [0.5, 0.6) is 0 Å². The molecule has 82 valence electrons. The molecule has 1 aromatic carbocycles. The van der Waals surface area contributed by atoms with Gasteiger partial charge in [0.2, 0.25) is 5.78 Å². The van der Waals surface area contributed by atoms with Gasteiger partial charge in [0.05, 0.1) is 15.1 Å². The largest absolute Gasteiger partial charge is 0.300 e. The predicted octanol–water partition coefficient (Wildman–Crippen LogP) is 4.00. The Labute approximate surface area is 97.4 Å². The number of halogens is 5. The second-order valence-corrected chi connectivity index (χ2v) is 4.01. The fourth-order valence-electron chi connectivity index (χ4n) is 1.05. The van der Waals surface area contributed by atoms with Crippen molar-refractivity contribution in [2.24, 2.45) is 0 Å². The van der Waals surface area contributed by atoms with Crippen molar-refractivity contribution in [1.82, 2.24) is 0 Å². The Kier molecular flexibility index (Phi) is 3.78. The van der Waals surface area contributed by atoms with Crippen LogP contribution in [0, 0.1) is 12.7 Å². The minimum absolute atomic E-state index is 0.0559. The molecule has 0 aromatic heterocycles. The number of carbonyl (C=O) groups excluding carboxylic acids is 1. The highest BCUT2D eigenvalue weighted by Gasteiger charge is 2.26. The van der Waals surface area contributed by atoms with Crippen molar-refractivity contribution in [3.05, 3.63) is 32.5 Å². The van der Waals surface area contributed by atoms with E-state index in [1.807, 2.05) is 0 Å². The Bertz CT molecular complexity index is 420. The van der Waals surface area contributed by atoms with Crippen LogP contribution in [0.4, 0.5) is 13.2 Å². The van der Waals surface area contributed by atoms with Crippen molar-refractivity contribution >= 4 is 33.3 Å². The fourth-order valence-corrected chi connectivity index (χ4v) is 1.89. The van der Waals surface area contributed by atoms with E-state index in [2.05, 4.69) is 15.9 Å². The number of ketones is 1. The monoisotopic (exact) mass is 300 g/mol. The molecule has 0 unspecified atom stereocenters. The summed E-state index contributed by atoms with van der Waals surface area (Å²) in [5.74, 6) is -2.59. The number of carbonyl (C=O) groups is 1. The number of benzene rings is 1. The third kappa shape index (κ3) is 2.34. The molecule has 0 spiro atoms. The maximum atomic E-state index is 13.3. The van der Waals surface area contributed by atoms with Crippen LogP contribution in [0.25, 0.3) is 0 Å². The first kappa shape index (κ1) is 12.5. The number of hydrogen-bond acceptors (Lipinski definition) is 1. The van der Waals surface area contributed by atoms with Crippen LogP contribution in [0.2, 0.25) is 5.02 Å². The molecule has 0 aliphatic carbocycles. The van der Waals surface area contributed by atoms with Crippen LogP contribution >= 0.6 is 27.5 Å². The number of rotatable bonds is 2. The van der Waals surface area contributed by atoms with E-state index < -0.39 is 23.6 Å². The molecule has 0 aliphatic heterocycles. The molecule has 0 amide bonds. The molecule has 0 bridgehead atoms. The lowest BCUT2D eigenvalue weighted by atomic mass is 10.1. The van der Waals surface area contributed by atoms with Crippen molar-refractivity contribution in [2.75, 3.05) is 0 Å². The Hall–Kier alpha value is -0.550. The highest BCUT2D eigenvalue weighted by molar-refractivity contribution is 9.10. The SMILES string of the molecule is Cc1cc(F)c(C(=O)C(F)F)c(Br)c1Cl. The molecule has 0 radical (unpaired) electrons. The quantitative estimate of drug-likeness (QED) is 0.596. The Balaban J connectivity index is 3.43. The first-order chi connectivity index (χ1) is 6.86. The van der Waals surface area contributed by atoms with E-state index in [1.54, 1.807) is 0 Å². The van der Waals surface area contributed by atoms with Crippen molar-refractivity contribution in [3.8, 4) is 0 Å². The zero-order valence-electron chi connectivity index (χ0n) is 7.45. The Morgan fingerprint density at radius 2 is 2.07 bits per heavy atom. The lowest BCUT2D eigenvalue weighted by Crippen LogP contribution is -2.13. The molecule has 1 rings (SSSR count). The first-order valence-corrected chi connectivity index (χ1v) is 4.99. The van der Waals surface area contributed by atoms with Gasteiger partial charge in [-0.25, -0.2) is 13.2 Å². The van der Waals surface area contributed by atoms with Crippen molar-refractivity contribution < 1.29 is 18.0 Å². The highest BCUT2D eigenvalue weighted by Crippen LogP contribution is 2.32. The van der Waals surface area contributed by atoms with Gasteiger partial charge in [0.1, 0.15) is 5.82 Å². The van der Waals surface area contributed by atoms with Gasteiger partial charge >= 0.3 is 6.43 Å². The van der Waals surface area contributed by atoms with E-state index >= 15 is 0 Å². The number of aryl methyl sites for hydroxylation is 1. The number of hydrogen-bond donors (Lipinski definition) is 0. The molecule has 0 fully saturated rings. The molecule has 1 nitrogen and oxygen atoms in total. The minimum Gasteiger partial charge on any atom is -0.288 e. The van der Waals surface area contributed by atoms with Crippen molar-refractivity contribution in [1.29, 1.82) is 0 Å². The van der Waals surface area contributed by atoms with E-state index in [9.17, 15) is 18.0 Å². The van der Waals surface area contributed by atoms with Gasteiger partial charge in [-0.05, 0) is 34.5 Å². The van der Waals surface area contributed by atoms with Gasteiger partial charge < -0.3 is 0 Å². The molecule has 15 heavy (non-hydrogen) atoms. The molecule has 0 saturated carbocycles. The molecule has 0 heterocycles. The van der Waals surface area contributed by atoms with E-state index in [0.717, 1.165) is 6.07 Å². The molecular formula is C9H5BrClF3O. The molecule has 1 aromatic rings. The van der Waals surface area contributed by atoms with Crippen molar-refractivity contribution in [3.63, 3.8) is 0 Å². The van der Waals surface area contributed by atoms with Gasteiger partial charge in [-0.15, -0.1) is 0 Å². The molecule has 0 aliphatic rings. The third-order valence-corrected chi connectivity index (χ3v) is 3.29. The highest BCUT2D eigenvalue weighted by atomic mass is 79.9. The van der Waals surface area contributed by atoms with Crippen LogP contribution in [-0.2, 0) is 0 Å². The van der Waals surface area contributed by atoms with E-state index in [0.29, 0.717) is 5.56 Å². The average molecular weight is 301 g/mol. The third-order valence-electron chi connectivity index (χ3n) is 1.79. The second-order valence-electron chi connectivity index (χ2n) is 2.84. The van der Waals surface area contributed by atoms with E-state index in [-0.39, 0.29) is 9.50 Å². The summed E-state index contributed by atoms with van der Waals surface area (Å²) in [5, 5.41) is 0.0559. The summed E-state index contributed by atoms with van der Waals surface area (Å²) >= 11 is 8.52. The topological polar surface area (TPSA) is 17.1 Å². The van der Waals surface area contributed by atoms with Crippen LogP contribution in [0.3, 0.4) is 0 Å². The Morgan fingerprint density at radius 3 is 2.53 bits per heavy atom. The molecule has 6 heteroatoms.